The molecule has 0 heterocycles. The predicted octanol–water partition coefficient (Wildman–Crippen LogP) is 4.66. The highest BCUT2D eigenvalue weighted by Crippen LogP contribution is 2.49. The van der Waals surface area contributed by atoms with E-state index in [1.807, 2.05) is 0 Å². The highest BCUT2D eigenvalue weighted by molar-refractivity contribution is 5.64. The maximum Gasteiger partial charge on any atom is 0.200 e. The summed E-state index contributed by atoms with van der Waals surface area (Å²) < 4.78 is 0. The van der Waals surface area contributed by atoms with Crippen LogP contribution in [-0.2, 0) is 12.8 Å². The Balaban J connectivity index is 1.76. The summed E-state index contributed by atoms with van der Waals surface area (Å²) in [6.07, 6.45) is 0.358. The second-order valence-electron chi connectivity index (χ2n) is 8.75. The molecular formula is C28H26O8. The Hall–Kier alpha value is -4.72. The molecule has 8 heteroatoms. The molecule has 0 bridgehead atoms. The highest BCUT2D eigenvalue weighted by atomic mass is 16.3. The number of aromatic hydroxyl groups is 8. The largest absolute Gasteiger partial charge is 0.508 e. The van der Waals surface area contributed by atoms with Gasteiger partial charge in [0.25, 0.3) is 0 Å². The maximum atomic E-state index is 10.6. The van der Waals surface area contributed by atoms with Crippen molar-refractivity contribution < 1.29 is 40.9 Å². The SMILES string of the molecule is CC(c1cc(Cc2ccc(O)cc2)c(O)c(O)c1O)c1cc(Cc2ccc(O)cc2)c(O)c(O)c1O. The van der Waals surface area contributed by atoms with E-state index in [1.54, 1.807) is 31.2 Å². The van der Waals surface area contributed by atoms with Crippen LogP contribution in [0.3, 0.4) is 0 Å². The first-order valence-corrected chi connectivity index (χ1v) is 11.2. The quantitative estimate of drug-likeness (QED) is 0.181. The van der Waals surface area contributed by atoms with Crippen LogP contribution in [-0.4, -0.2) is 40.9 Å². The summed E-state index contributed by atoms with van der Waals surface area (Å²) in [5.41, 5.74) is 2.40. The number of phenols is 8. The van der Waals surface area contributed by atoms with Crippen molar-refractivity contribution in [3.05, 3.63) is 94.0 Å². The monoisotopic (exact) mass is 490 g/mol. The molecule has 0 aliphatic carbocycles. The van der Waals surface area contributed by atoms with Crippen LogP contribution >= 0.6 is 0 Å². The molecule has 0 aliphatic rings. The Morgan fingerprint density at radius 2 is 0.806 bits per heavy atom. The van der Waals surface area contributed by atoms with Crippen molar-refractivity contribution in [2.45, 2.75) is 25.7 Å². The van der Waals surface area contributed by atoms with Gasteiger partial charge in [-0.25, -0.2) is 0 Å². The van der Waals surface area contributed by atoms with Crippen LogP contribution in [0.1, 0.15) is 46.2 Å². The Bertz CT molecular complexity index is 1300. The molecule has 0 aromatic heterocycles. The minimum atomic E-state index is -0.778. The number of phenolic OH excluding ortho intramolecular Hbond substituents is 8. The standard InChI is InChI=1S/C28H26O8/c1-14(21-12-17(23(31)27(35)25(21)33)10-15-2-6-19(29)7-3-15)22-13-18(24(32)28(36)26(22)34)11-16-4-8-20(30)9-5-16/h2-9,12-14,29-36H,10-11H2,1H3. The molecule has 0 spiro atoms. The second kappa shape index (κ2) is 9.50. The molecule has 0 radical (unpaired) electrons. The fraction of sp³-hybridized carbons (Fsp3) is 0.143. The second-order valence-corrected chi connectivity index (χ2v) is 8.75. The van der Waals surface area contributed by atoms with Gasteiger partial charge in [0.15, 0.2) is 23.0 Å². The van der Waals surface area contributed by atoms with Crippen LogP contribution in [0.15, 0.2) is 60.7 Å². The Labute approximate surface area is 206 Å². The number of benzene rings is 4. The fourth-order valence-electron chi connectivity index (χ4n) is 4.22. The summed E-state index contributed by atoms with van der Waals surface area (Å²) >= 11 is 0. The zero-order valence-electron chi connectivity index (χ0n) is 19.3. The van der Waals surface area contributed by atoms with E-state index in [9.17, 15) is 40.9 Å². The van der Waals surface area contributed by atoms with E-state index in [4.69, 9.17) is 0 Å². The summed E-state index contributed by atoms with van der Waals surface area (Å²) in [5.74, 6) is -4.22. The van der Waals surface area contributed by atoms with Crippen LogP contribution < -0.4 is 0 Å². The van der Waals surface area contributed by atoms with E-state index in [0.717, 1.165) is 11.1 Å². The first-order valence-electron chi connectivity index (χ1n) is 11.2. The predicted molar refractivity (Wildman–Crippen MR) is 132 cm³/mol. The van der Waals surface area contributed by atoms with E-state index in [2.05, 4.69) is 0 Å². The average molecular weight is 491 g/mol. The van der Waals surface area contributed by atoms with Crippen molar-refractivity contribution in [3.63, 3.8) is 0 Å². The van der Waals surface area contributed by atoms with Gasteiger partial charge in [0.05, 0.1) is 0 Å². The minimum Gasteiger partial charge on any atom is -0.508 e. The lowest BCUT2D eigenvalue weighted by Crippen LogP contribution is -2.02. The van der Waals surface area contributed by atoms with Crippen molar-refractivity contribution in [2.24, 2.45) is 0 Å². The van der Waals surface area contributed by atoms with Crippen LogP contribution in [0.2, 0.25) is 0 Å². The van der Waals surface area contributed by atoms with Crippen LogP contribution in [0, 0.1) is 0 Å². The van der Waals surface area contributed by atoms with Crippen molar-refractivity contribution in [2.75, 3.05) is 0 Å². The first-order chi connectivity index (χ1) is 17.1. The number of hydrogen-bond acceptors (Lipinski definition) is 8. The van der Waals surface area contributed by atoms with Gasteiger partial charge in [0, 0.05) is 41.0 Å². The molecule has 4 aromatic carbocycles. The summed E-state index contributed by atoms with van der Waals surface area (Å²) in [7, 11) is 0. The van der Waals surface area contributed by atoms with Gasteiger partial charge in [-0.2, -0.15) is 0 Å². The van der Waals surface area contributed by atoms with Crippen LogP contribution in [0.4, 0.5) is 0 Å². The Kier molecular flexibility index (Phi) is 6.44. The molecule has 0 saturated carbocycles. The summed E-state index contributed by atoms with van der Waals surface area (Å²) in [6, 6.07) is 15.6. The molecule has 8 N–H and O–H groups in total. The smallest absolute Gasteiger partial charge is 0.200 e. The van der Waals surface area contributed by atoms with Gasteiger partial charge in [-0.1, -0.05) is 31.2 Å². The molecule has 36 heavy (non-hydrogen) atoms. The van der Waals surface area contributed by atoms with Crippen molar-refractivity contribution >= 4 is 0 Å². The lowest BCUT2D eigenvalue weighted by molar-refractivity contribution is 0.357. The molecule has 0 unspecified atom stereocenters. The third-order valence-corrected chi connectivity index (χ3v) is 6.31. The molecule has 186 valence electrons. The van der Waals surface area contributed by atoms with Gasteiger partial charge >= 0.3 is 0 Å². The van der Waals surface area contributed by atoms with E-state index >= 15 is 0 Å². The van der Waals surface area contributed by atoms with Gasteiger partial charge in [0.1, 0.15) is 11.5 Å². The van der Waals surface area contributed by atoms with Crippen molar-refractivity contribution in [1.29, 1.82) is 0 Å². The Morgan fingerprint density at radius 1 is 0.472 bits per heavy atom. The topological polar surface area (TPSA) is 162 Å². The molecular weight excluding hydrogens is 464 g/mol. The van der Waals surface area contributed by atoms with Crippen molar-refractivity contribution in [3.8, 4) is 46.0 Å². The van der Waals surface area contributed by atoms with E-state index in [1.165, 1.54) is 36.4 Å². The lowest BCUT2D eigenvalue weighted by atomic mass is 9.87. The van der Waals surface area contributed by atoms with Gasteiger partial charge in [-0.15, -0.1) is 0 Å². The van der Waals surface area contributed by atoms with Gasteiger partial charge < -0.3 is 40.9 Å². The Morgan fingerprint density at radius 3 is 1.14 bits per heavy atom. The minimum absolute atomic E-state index is 0.0801. The molecule has 0 atom stereocenters. The zero-order chi connectivity index (χ0) is 26.1. The maximum absolute atomic E-state index is 10.6. The van der Waals surface area contributed by atoms with E-state index in [-0.39, 0.29) is 35.5 Å². The normalized spacial score (nSPS) is 11.2. The van der Waals surface area contributed by atoms with Gasteiger partial charge in [-0.3, -0.25) is 0 Å². The lowest BCUT2D eigenvalue weighted by Gasteiger charge is -2.21. The number of hydrogen-bond donors (Lipinski definition) is 8. The van der Waals surface area contributed by atoms with Gasteiger partial charge in [-0.05, 0) is 47.5 Å². The summed E-state index contributed by atoms with van der Waals surface area (Å²) in [4.78, 5) is 0. The third kappa shape index (κ3) is 4.61. The molecule has 0 saturated heterocycles. The molecule has 4 aromatic rings. The first kappa shape index (κ1) is 24.4. The van der Waals surface area contributed by atoms with E-state index in [0.29, 0.717) is 11.1 Å². The zero-order valence-corrected chi connectivity index (χ0v) is 19.3. The summed E-state index contributed by atoms with van der Waals surface area (Å²) in [5, 5.41) is 81.9. The molecule has 0 amide bonds. The van der Waals surface area contributed by atoms with Gasteiger partial charge in [0.2, 0.25) is 11.5 Å². The van der Waals surface area contributed by atoms with Crippen molar-refractivity contribution in [1.82, 2.24) is 0 Å². The molecule has 0 aliphatic heterocycles. The van der Waals surface area contributed by atoms with Crippen LogP contribution in [0.5, 0.6) is 46.0 Å². The highest BCUT2D eigenvalue weighted by Gasteiger charge is 2.26. The molecule has 4 rings (SSSR count). The molecule has 8 nitrogen and oxygen atoms in total. The number of rotatable bonds is 6. The third-order valence-electron chi connectivity index (χ3n) is 6.31. The summed E-state index contributed by atoms with van der Waals surface area (Å²) in [6.45, 7) is 1.63. The van der Waals surface area contributed by atoms with Crippen LogP contribution in [0.25, 0.3) is 0 Å². The average Bonchev–Trinajstić information content (AvgIpc) is 2.86. The fourth-order valence-corrected chi connectivity index (χ4v) is 4.22. The van der Waals surface area contributed by atoms with E-state index < -0.39 is 40.4 Å². The molecule has 0 fully saturated rings.